The van der Waals surface area contributed by atoms with E-state index in [1.165, 1.54) is 4.90 Å². The number of hydrogen-bond donors (Lipinski definition) is 8. The van der Waals surface area contributed by atoms with E-state index in [4.69, 9.17) is 0 Å². The van der Waals surface area contributed by atoms with Crippen molar-refractivity contribution in [3.8, 4) is 0 Å². The molecule has 4 aromatic rings. The van der Waals surface area contributed by atoms with Gasteiger partial charge in [-0.25, -0.2) is 4.79 Å². The van der Waals surface area contributed by atoms with Crippen LogP contribution in [0.15, 0.2) is 60.9 Å². The molecule has 0 unspecified atom stereocenters. The van der Waals surface area contributed by atoms with Gasteiger partial charge >= 0.3 is 6.09 Å². The molecule has 1 spiro atoms. The fourth-order valence-electron chi connectivity index (χ4n) is 11.4. The molecule has 5 heterocycles. The maximum Gasteiger partial charge on any atom is 0.431 e. The summed E-state index contributed by atoms with van der Waals surface area (Å²) < 4.78 is 0. The lowest BCUT2D eigenvalue weighted by Gasteiger charge is -2.38. The van der Waals surface area contributed by atoms with Crippen LogP contribution in [0.2, 0.25) is 0 Å². The van der Waals surface area contributed by atoms with Gasteiger partial charge in [0.05, 0.1) is 0 Å². The number of H-pyrrole nitrogens is 2. The van der Waals surface area contributed by atoms with Crippen molar-refractivity contribution in [1.82, 2.24) is 51.8 Å². The largest absolute Gasteiger partial charge is 0.431 e. The number of carbonyl (C=O) groups is 8. The number of benzene rings is 2. The molecule has 0 radical (unpaired) electrons. The Bertz CT molecular complexity index is 2550. The molecule has 19 heteroatoms. The summed E-state index contributed by atoms with van der Waals surface area (Å²) in [5.41, 5.74) is 3.52. The number of aromatic amines is 2. The lowest BCUT2D eigenvalue weighted by atomic mass is 9.84. The van der Waals surface area contributed by atoms with Gasteiger partial charge in [0.15, 0.2) is 0 Å². The summed E-state index contributed by atoms with van der Waals surface area (Å²) >= 11 is 0. The average molecular weight is 919 g/mol. The molecule has 8 N–H and O–H groups in total. The van der Waals surface area contributed by atoms with E-state index >= 15 is 4.79 Å². The van der Waals surface area contributed by atoms with Gasteiger partial charge in [0.2, 0.25) is 41.9 Å². The summed E-state index contributed by atoms with van der Waals surface area (Å²) in [6, 6.07) is 9.34. The van der Waals surface area contributed by atoms with Crippen LogP contribution in [0.3, 0.4) is 0 Å². The first-order chi connectivity index (χ1) is 32.5. The molecule has 19 nitrogen and oxygen atoms in total. The number of nitrogens with one attached hydrogen (secondary N) is 8. The van der Waals surface area contributed by atoms with Crippen molar-refractivity contribution < 1.29 is 43.2 Å². The van der Waals surface area contributed by atoms with Gasteiger partial charge in [0.1, 0.15) is 35.7 Å². The van der Waals surface area contributed by atoms with Crippen LogP contribution in [-0.4, -0.2) is 123 Å². The fraction of sp³-hybridized carbons (Fsp3) is 0.500. The highest BCUT2D eigenvalue weighted by Gasteiger charge is 2.52. The van der Waals surface area contributed by atoms with Crippen LogP contribution in [-0.2, 0) is 51.2 Å². The Morgan fingerprint density at radius 3 is 2.04 bits per heavy atom. The van der Waals surface area contributed by atoms with Gasteiger partial charge in [-0.1, -0.05) is 62.1 Å². The van der Waals surface area contributed by atoms with Gasteiger partial charge in [-0.15, -0.1) is 0 Å². The molecule has 67 heavy (non-hydrogen) atoms. The highest BCUT2D eigenvalue weighted by Crippen LogP contribution is 2.41. The minimum absolute atomic E-state index is 0.00254. The van der Waals surface area contributed by atoms with Crippen LogP contribution in [0, 0.1) is 5.92 Å². The molecule has 354 valence electrons. The monoisotopic (exact) mass is 918 g/mol. The molecule has 2 saturated carbocycles. The van der Waals surface area contributed by atoms with E-state index in [9.17, 15) is 33.6 Å². The molecule has 2 aromatic heterocycles. The van der Waals surface area contributed by atoms with E-state index in [1.54, 1.807) is 11.1 Å². The minimum atomic E-state index is -1.45. The predicted molar refractivity (Wildman–Crippen MR) is 243 cm³/mol. The predicted octanol–water partition coefficient (Wildman–Crippen LogP) is 2.26. The molecule has 9 rings (SSSR count). The highest BCUT2D eigenvalue weighted by atomic mass is 16.7. The molecule has 3 aliphatic heterocycles. The molecule has 5 fully saturated rings. The number of fused-ring (bicyclic) bond motifs is 6. The maximum absolute atomic E-state index is 15.1. The third kappa shape index (κ3) is 9.27. The molecule has 5 aliphatic rings. The summed E-state index contributed by atoms with van der Waals surface area (Å²) in [5, 5.41) is 16.2. The molecule has 0 bridgehead atoms. The van der Waals surface area contributed by atoms with E-state index in [1.807, 2.05) is 60.2 Å². The van der Waals surface area contributed by atoms with Crippen LogP contribution in [0.4, 0.5) is 4.79 Å². The van der Waals surface area contributed by atoms with E-state index < -0.39 is 71.4 Å². The molecular weight excluding hydrogens is 861 g/mol. The summed E-state index contributed by atoms with van der Waals surface area (Å²) in [6.07, 6.45) is 8.99. The van der Waals surface area contributed by atoms with Crippen LogP contribution in [0.25, 0.3) is 21.8 Å². The molecule has 2 aliphatic carbocycles. The second kappa shape index (κ2) is 19.5. The Kier molecular flexibility index (Phi) is 13.2. The lowest BCUT2D eigenvalue weighted by molar-refractivity contribution is -0.150. The molecule has 2 aromatic carbocycles. The number of amides is 8. The Balaban J connectivity index is 1.11. The lowest BCUT2D eigenvalue weighted by Crippen LogP contribution is -2.65. The van der Waals surface area contributed by atoms with Crippen LogP contribution in [0.5, 0.6) is 0 Å². The van der Waals surface area contributed by atoms with E-state index in [2.05, 4.69) is 41.4 Å². The van der Waals surface area contributed by atoms with E-state index in [0.29, 0.717) is 44.1 Å². The van der Waals surface area contributed by atoms with E-state index in [-0.39, 0.29) is 69.5 Å². The van der Waals surface area contributed by atoms with Gasteiger partial charge in [0.25, 0.3) is 0 Å². The zero-order valence-electron chi connectivity index (χ0n) is 37.3. The summed E-state index contributed by atoms with van der Waals surface area (Å²) in [4.78, 5) is 127. The Morgan fingerprint density at radius 1 is 0.716 bits per heavy atom. The summed E-state index contributed by atoms with van der Waals surface area (Å²) in [7, 11) is 0. The van der Waals surface area contributed by atoms with Gasteiger partial charge in [0, 0.05) is 66.2 Å². The zero-order valence-corrected chi connectivity index (χ0v) is 37.3. The first-order valence-corrected chi connectivity index (χ1v) is 23.6. The van der Waals surface area contributed by atoms with Crippen molar-refractivity contribution in [1.29, 1.82) is 0 Å². The van der Waals surface area contributed by atoms with Gasteiger partial charge in [-0.3, -0.25) is 33.6 Å². The van der Waals surface area contributed by atoms with Crippen molar-refractivity contribution >= 4 is 69.8 Å². The average Bonchev–Trinajstić information content (AvgIpc) is 4.20. The van der Waals surface area contributed by atoms with Crippen LogP contribution >= 0.6 is 0 Å². The second-order valence-electron chi connectivity index (χ2n) is 18.7. The molecule has 8 amide bonds. The number of hydroxylamine groups is 1. The first-order valence-electron chi connectivity index (χ1n) is 23.6. The molecule has 3 saturated heterocycles. The normalized spacial score (nSPS) is 27.0. The molecular formula is C48H58N10O9. The number of rotatable bonds is 9. The quantitative estimate of drug-likeness (QED) is 0.0904. The van der Waals surface area contributed by atoms with Gasteiger partial charge in [-0.05, 0) is 80.5 Å². The van der Waals surface area contributed by atoms with Gasteiger partial charge in [-0.2, -0.15) is 5.48 Å². The van der Waals surface area contributed by atoms with Crippen molar-refractivity contribution in [2.24, 2.45) is 5.92 Å². The van der Waals surface area contributed by atoms with Gasteiger partial charge < -0.3 is 51.2 Å². The Morgan fingerprint density at radius 2 is 1.36 bits per heavy atom. The summed E-state index contributed by atoms with van der Waals surface area (Å²) in [5.74, 6) is -3.20. The Labute approximate surface area is 386 Å². The SMILES string of the molecule is O=CNOC(=O)NCC[C@@H]1NC(=O)[C@H](Cc2c[nH]c3ccccc23)NC(=O)C2(CCCC2)NC(=O)[C@H](Cc2c[nH]c3ccccc23)NC(=O)[C@@H]2C[C@@H]3CCCC[C@@H]3N2C(=O)[C@H]2CCCN2C1=O. The number of hydrogen-bond acceptors (Lipinski definition) is 9. The summed E-state index contributed by atoms with van der Waals surface area (Å²) in [6.45, 7) is 0.0129. The second-order valence-corrected chi connectivity index (χ2v) is 18.7. The Hall–Kier alpha value is -6.92. The third-order valence-electron chi connectivity index (χ3n) is 14.7. The topological polar surface area (TPSA) is 256 Å². The third-order valence-corrected chi connectivity index (χ3v) is 14.7. The minimum Gasteiger partial charge on any atom is -0.361 e. The van der Waals surface area contributed by atoms with Crippen molar-refractivity contribution in [3.05, 3.63) is 72.1 Å². The zero-order chi connectivity index (χ0) is 46.7. The van der Waals surface area contributed by atoms with E-state index in [0.717, 1.165) is 46.6 Å². The number of aromatic nitrogens is 2. The highest BCUT2D eigenvalue weighted by molar-refractivity contribution is 6.00. The first kappa shape index (κ1) is 45.2. The molecule has 7 atom stereocenters. The smallest absolute Gasteiger partial charge is 0.361 e. The van der Waals surface area contributed by atoms with Crippen molar-refractivity contribution in [3.63, 3.8) is 0 Å². The van der Waals surface area contributed by atoms with Crippen LogP contribution < -0.4 is 32.1 Å². The number of carbonyl (C=O) groups excluding carboxylic acids is 8. The standard InChI is InChI=1S/C48H58N10O9/c59-27-52-67-47(66)49-20-17-35-44(63)57-21-9-16-39(57)45(64)58-38-15-6-1-10-28(38)24-40(58)43(62)54-37(23-30-26-51-34-14-5-3-12-32(30)34)42(61)56-48(18-7-8-19-48)46(65)55-36(41(60)53-35)22-29-25-50-33-13-4-2-11-31(29)33/h2-5,11-14,25-28,35-40,50-51H,1,6-10,15-24H2,(H,49,66)(H,52,59)(H,53,60)(H,54,62)(H,55,65)(H,56,61)/t28-,35-,36-,37-,38-,39+,40-/m0/s1. The van der Waals surface area contributed by atoms with Crippen molar-refractivity contribution in [2.75, 3.05) is 13.1 Å². The number of nitrogens with zero attached hydrogens (tertiary/aromatic N) is 2. The van der Waals surface area contributed by atoms with Crippen LogP contribution in [0.1, 0.15) is 88.2 Å². The van der Waals surface area contributed by atoms with Crippen molar-refractivity contribution in [2.45, 2.75) is 132 Å². The fourth-order valence-corrected chi connectivity index (χ4v) is 11.4. The number of para-hydroxylation sites is 2. The maximum atomic E-state index is 15.1.